The van der Waals surface area contributed by atoms with Gasteiger partial charge in [0.2, 0.25) is 0 Å². The minimum atomic E-state index is -0.515. The molecule has 1 rings (SSSR count). The van der Waals surface area contributed by atoms with E-state index in [1.165, 1.54) is 0 Å². The molecule has 0 saturated heterocycles. The van der Waals surface area contributed by atoms with Crippen LogP contribution in [-0.4, -0.2) is 48.7 Å². The number of aryl methyl sites for hydroxylation is 2. The molecule has 0 bridgehead atoms. The molecule has 1 aromatic rings. The average Bonchev–Trinajstić information content (AvgIpc) is 2.22. The number of aliphatic hydroxyl groups is 1. The van der Waals surface area contributed by atoms with Crippen molar-refractivity contribution in [3.8, 4) is 0 Å². The van der Waals surface area contributed by atoms with Gasteiger partial charge in [0.15, 0.2) is 5.82 Å². The van der Waals surface area contributed by atoms with Crippen LogP contribution in [0.4, 0.5) is 5.82 Å². The van der Waals surface area contributed by atoms with Gasteiger partial charge < -0.3 is 14.7 Å². The monoisotopic (exact) mass is 225 g/mol. The Morgan fingerprint density at radius 2 is 2.12 bits per heavy atom. The van der Waals surface area contributed by atoms with Gasteiger partial charge in [-0.2, -0.15) is 5.10 Å². The lowest BCUT2D eigenvalue weighted by Crippen LogP contribution is -2.32. The number of methoxy groups -OCH3 is 1. The van der Waals surface area contributed by atoms with Crippen molar-refractivity contribution in [2.45, 2.75) is 20.0 Å². The number of aliphatic hydroxyl groups excluding tert-OH is 1. The zero-order valence-corrected chi connectivity index (χ0v) is 10.3. The molecule has 0 radical (unpaired) electrons. The first-order chi connectivity index (χ1) is 7.54. The van der Waals surface area contributed by atoms with Crippen molar-refractivity contribution in [1.29, 1.82) is 0 Å². The minimum Gasteiger partial charge on any atom is -0.389 e. The third-order valence-electron chi connectivity index (χ3n) is 2.45. The smallest absolute Gasteiger partial charge is 0.151 e. The lowest BCUT2D eigenvalue weighted by molar-refractivity contribution is 0.0694. The van der Waals surface area contributed by atoms with Gasteiger partial charge in [0.25, 0.3) is 0 Å². The Kier molecular flexibility index (Phi) is 4.64. The van der Waals surface area contributed by atoms with E-state index in [0.717, 1.165) is 17.1 Å². The van der Waals surface area contributed by atoms with E-state index in [-0.39, 0.29) is 0 Å². The molecule has 0 amide bonds. The molecule has 1 heterocycles. The zero-order chi connectivity index (χ0) is 12.1. The molecule has 1 unspecified atom stereocenters. The highest BCUT2D eigenvalue weighted by Crippen LogP contribution is 2.12. The maximum Gasteiger partial charge on any atom is 0.151 e. The Hall–Kier alpha value is -1.20. The number of hydrogen-bond acceptors (Lipinski definition) is 5. The van der Waals surface area contributed by atoms with Gasteiger partial charge in [0.05, 0.1) is 18.4 Å². The summed E-state index contributed by atoms with van der Waals surface area (Å²) in [5, 5.41) is 17.7. The molecular formula is C11H19N3O2. The van der Waals surface area contributed by atoms with Crippen molar-refractivity contribution in [1.82, 2.24) is 10.2 Å². The number of hydrogen-bond donors (Lipinski definition) is 1. The molecule has 1 aromatic heterocycles. The van der Waals surface area contributed by atoms with Crippen LogP contribution >= 0.6 is 0 Å². The third kappa shape index (κ3) is 3.43. The van der Waals surface area contributed by atoms with Gasteiger partial charge in [-0.1, -0.05) is 0 Å². The average molecular weight is 225 g/mol. The third-order valence-corrected chi connectivity index (χ3v) is 2.45. The van der Waals surface area contributed by atoms with E-state index < -0.39 is 6.10 Å². The Morgan fingerprint density at radius 3 is 2.69 bits per heavy atom. The highest BCUT2D eigenvalue weighted by Gasteiger charge is 2.10. The molecular weight excluding hydrogens is 206 g/mol. The van der Waals surface area contributed by atoms with E-state index in [9.17, 15) is 5.11 Å². The van der Waals surface area contributed by atoms with Crippen molar-refractivity contribution in [2.75, 3.05) is 32.2 Å². The number of anilines is 1. The number of nitrogens with zero attached hydrogens (tertiary/aromatic N) is 3. The van der Waals surface area contributed by atoms with Crippen LogP contribution in [0.3, 0.4) is 0 Å². The fraction of sp³-hybridized carbons (Fsp3) is 0.636. The van der Waals surface area contributed by atoms with Crippen molar-refractivity contribution >= 4 is 5.82 Å². The molecule has 90 valence electrons. The van der Waals surface area contributed by atoms with Gasteiger partial charge in [0.1, 0.15) is 0 Å². The highest BCUT2D eigenvalue weighted by molar-refractivity contribution is 5.39. The summed E-state index contributed by atoms with van der Waals surface area (Å²) in [6, 6.07) is 1.96. The van der Waals surface area contributed by atoms with Gasteiger partial charge in [0, 0.05) is 20.7 Å². The maximum absolute atomic E-state index is 9.59. The van der Waals surface area contributed by atoms with Crippen LogP contribution in [0.5, 0.6) is 0 Å². The molecule has 0 aliphatic rings. The predicted molar refractivity (Wildman–Crippen MR) is 62.7 cm³/mol. The lowest BCUT2D eigenvalue weighted by atomic mass is 10.2. The topological polar surface area (TPSA) is 58.5 Å². The SMILES string of the molecule is COCC(O)CN(C)c1cc(C)c(C)nn1. The molecule has 0 aliphatic carbocycles. The maximum atomic E-state index is 9.59. The van der Waals surface area contributed by atoms with Crippen molar-refractivity contribution in [3.05, 3.63) is 17.3 Å². The Bertz CT molecular complexity index is 344. The van der Waals surface area contributed by atoms with Crippen molar-refractivity contribution < 1.29 is 9.84 Å². The van der Waals surface area contributed by atoms with E-state index in [1.54, 1.807) is 7.11 Å². The molecule has 5 nitrogen and oxygen atoms in total. The first kappa shape index (κ1) is 12.9. The van der Waals surface area contributed by atoms with Crippen molar-refractivity contribution in [2.24, 2.45) is 0 Å². The van der Waals surface area contributed by atoms with E-state index in [2.05, 4.69) is 10.2 Å². The van der Waals surface area contributed by atoms with Crippen LogP contribution in [0.1, 0.15) is 11.3 Å². The van der Waals surface area contributed by atoms with Crippen LogP contribution < -0.4 is 4.90 Å². The summed E-state index contributed by atoms with van der Waals surface area (Å²) in [5.74, 6) is 0.762. The summed E-state index contributed by atoms with van der Waals surface area (Å²) < 4.78 is 4.87. The molecule has 16 heavy (non-hydrogen) atoms. The second-order valence-electron chi connectivity index (χ2n) is 3.96. The fourth-order valence-corrected chi connectivity index (χ4v) is 1.37. The molecule has 0 fully saturated rings. The molecule has 0 saturated carbocycles. The van der Waals surface area contributed by atoms with Gasteiger partial charge in [-0.05, 0) is 25.5 Å². The number of rotatable bonds is 5. The van der Waals surface area contributed by atoms with Crippen LogP contribution in [0.25, 0.3) is 0 Å². The van der Waals surface area contributed by atoms with Gasteiger partial charge >= 0.3 is 0 Å². The summed E-state index contributed by atoms with van der Waals surface area (Å²) in [6.07, 6.45) is -0.515. The summed E-state index contributed by atoms with van der Waals surface area (Å²) in [5.41, 5.74) is 2.02. The number of aromatic nitrogens is 2. The Balaban J connectivity index is 2.65. The van der Waals surface area contributed by atoms with Gasteiger partial charge in [-0.15, -0.1) is 5.10 Å². The van der Waals surface area contributed by atoms with Crippen LogP contribution in [0, 0.1) is 13.8 Å². The number of likely N-dealkylation sites (N-methyl/N-ethyl adjacent to an activating group) is 1. The van der Waals surface area contributed by atoms with E-state index in [0.29, 0.717) is 13.2 Å². The largest absolute Gasteiger partial charge is 0.389 e. The quantitative estimate of drug-likeness (QED) is 0.792. The second kappa shape index (κ2) is 5.77. The number of ether oxygens (including phenoxy) is 1. The van der Waals surface area contributed by atoms with Crippen LogP contribution in [0.2, 0.25) is 0 Å². The van der Waals surface area contributed by atoms with E-state index in [1.807, 2.05) is 31.9 Å². The van der Waals surface area contributed by atoms with Crippen LogP contribution in [0.15, 0.2) is 6.07 Å². The summed E-state index contributed by atoms with van der Waals surface area (Å²) in [4.78, 5) is 1.86. The summed E-state index contributed by atoms with van der Waals surface area (Å²) in [6.45, 7) is 4.71. The zero-order valence-electron chi connectivity index (χ0n) is 10.3. The molecule has 1 atom stereocenters. The molecule has 1 N–H and O–H groups in total. The van der Waals surface area contributed by atoms with E-state index in [4.69, 9.17) is 4.74 Å². The summed E-state index contributed by atoms with van der Waals surface area (Å²) >= 11 is 0. The van der Waals surface area contributed by atoms with Crippen LogP contribution in [-0.2, 0) is 4.74 Å². The Labute approximate surface area is 96.1 Å². The normalized spacial score (nSPS) is 12.6. The molecule has 5 heteroatoms. The van der Waals surface area contributed by atoms with Gasteiger partial charge in [-0.25, -0.2) is 0 Å². The highest BCUT2D eigenvalue weighted by atomic mass is 16.5. The van der Waals surface area contributed by atoms with E-state index >= 15 is 0 Å². The Morgan fingerprint density at radius 1 is 1.44 bits per heavy atom. The fourth-order valence-electron chi connectivity index (χ4n) is 1.37. The second-order valence-corrected chi connectivity index (χ2v) is 3.96. The van der Waals surface area contributed by atoms with Crippen molar-refractivity contribution in [3.63, 3.8) is 0 Å². The molecule has 0 spiro atoms. The first-order valence-corrected chi connectivity index (χ1v) is 5.23. The predicted octanol–water partition coefficient (Wildman–Crippen LogP) is 0.537. The van der Waals surface area contributed by atoms with Gasteiger partial charge in [-0.3, -0.25) is 0 Å². The standard InChI is InChI=1S/C11H19N3O2/c1-8-5-11(13-12-9(8)2)14(3)6-10(15)7-16-4/h5,10,15H,6-7H2,1-4H3. The summed E-state index contributed by atoms with van der Waals surface area (Å²) in [7, 11) is 3.44. The first-order valence-electron chi connectivity index (χ1n) is 5.23. The minimum absolute atomic E-state index is 0.322. The molecule has 0 aromatic carbocycles. The lowest BCUT2D eigenvalue weighted by Gasteiger charge is -2.21. The molecule has 0 aliphatic heterocycles.